The first kappa shape index (κ1) is 15.2. The van der Waals surface area contributed by atoms with Crippen LogP contribution in [0.2, 0.25) is 0 Å². The molecule has 0 heterocycles. The van der Waals surface area contributed by atoms with Crippen LogP contribution in [0.4, 0.5) is 5.69 Å². The van der Waals surface area contributed by atoms with Crippen molar-refractivity contribution in [1.82, 2.24) is 0 Å². The van der Waals surface area contributed by atoms with Gasteiger partial charge in [0.2, 0.25) is 5.91 Å². The van der Waals surface area contributed by atoms with Gasteiger partial charge >= 0.3 is 5.97 Å². The number of carboxylic acid groups (broad SMARTS) is 1. The van der Waals surface area contributed by atoms with E-state index in [0.29, 0.717) is 11.3 Å². The SMILES string of the molecule is Cc1cc(C(=O)O)ccc1NC(=O)C(CN)C(C)C. The molecule has 1 amide bonds. The number of hydrogen-bond donors (Lipinski definition) is 3. The van der Waals surface area contributed by atoms with E-state index >= 15 is 0 Å². The molecule has 0 aromatic heterocycles. The number of anilines is 1. The average Bonchev–Trinajstić information content (AvgIpc) is 2.31. The van der Waals surface area contributed by atoms with Crippen LogP contribution < -0.4 is 11.1 Å². The molecule has 0 radical (unpaired) electrons. The third-order valence-electron chi connectivity index (χ3n) is 3.13. The summed E-state index contributed by atoms with van der Waals surface area (Å²) in [6.07, 6.45) is 0. The number of benzene rings is 1. The van der Waals surface area contributed by atoms with E-state index in [1.807, 2.05) is 13.8 Å². The Morgan fingerprint density at radius 3 is 2.42 bits per heavy atom. The van der Waals surface area contributed by atoms with Gasteiger partial charge < -0.3 is 16.2 Å². The van der Waals surface area contributed by atoms with E-state index in [1.165, 1.54) is 12.1 Å². The van der Waals surface area contributed by atoms with E-state index in [4.69, 9.17) is 10.8 Å². The molecule has 1 aromatic carbocycles. The van der Waals surface area contributed by atoms with E-state index in [2.05, 4.69) is 5.32 Å². The summed E-state index contributed by atoms with van der Waals surface area (Å²) in [5, 5.41) is 11.7. The van der Waals surface area contributed by atoms with Crippen molar-refractivity contribution in [1.29, 1.82) is 0 Å². The summed E-state index contributed by atoms with van der Waals surface area (Å²) in [6.45, 7) is 5.93. The van der Waals surface area contributed by atoms with Crippen molar-refractivity contribution in [3.63, 3.8) is 0 Å². The number of rotatable bonds is 5. The van der Waals surface area contributed by atoms with E-state index in [9.17, 15) is 9.59 Å². The van der Waals surface area contributed by atoms with Crippen LogP contribution in [-0.4, -0.2) is 23.5 Å². The number of carbonyl (C=O) groups is 2. The minimum absolute atomic E-state index is 0.135. The summed E-state index contributed by atoms with van der Waals surface area (Å²) in [7, 11) is 0. The molecule has 4 N–H and O–H groups in total. The molecule has 0 aliphatic heterocycles. The Morgan fingerprint density at radius 1 is 1.37 bits per heavy atom. The minimum atomic E-state index is -0.983. The number of amides is 1. The van der Waals surface area contributed by atoms with E-state index in [-0.39, 0.29) is 29.9 Å². The molecule has 1 atom stereocenters. The fraction of sp³-hybridized carbons (Fsp3) is 0.429. The van der Waals surface area contributed by atoms with Gasteiger partial charge in [0.05, 0.1) is 11.5 Å². The number of aryl methyl sites for hydroxylation is 1. The van der Waals surface area contributed by atoms with Gasteiger partial charge in [-0.3, -0.25) is 4.79 Å². The summed E-state index contributed by atoms with van der Waals surface area (Å²) in [6, 6.07) is 4.60. The second-order valence-electron chi connectivity index (χ2n) is 4.91. The summed E-state index contributed by atoms with van der Waals surface area (Å²) in [4.78, 5) is 22.9. The Bertz CT molecular complexity index is 484. The quantitative estimate of drug-likeness (QED) is 0.756. The lowest BCUT2D eigenvalue weighted by Gasteiger charge is -2.19. The summed E-state index contributed by atoms with van der Waals surface area (Å²) in [5.74, 6) is -1.21. The third-order valence-corrected chi connectivity index (χ3v) is 3.13. The van der Waals surface area contributed by atoms with Gasteiger partial charge in [-0.05, 0) is 36.6 Å². The molecule has 19 heavy (non-hydrogen) atoms. The molecule has 1 aromatic rings. The molecular weight excluding hydrogens is 244 g/mol. The molecule has 0 saturated heterocycles. The molecule has 0 aliphatic rings. The van der Waals surface area contributed by atoms with Crippen LogP contribution in [0, 0.1) is 18.8 Å². The van der Waals surface area contributed by atoms with E-state index in [1.54, 1.807) is 13.0 Å². The molecule has 1 unspecified atom stereocenters. The maximum atomic E-state index is 12.0. The Balaban J connectivity index is 2.88. The van der Waals surface area contributed by atoms with Crippen LogP contribution in [0.25, 0.3) is 0 Å². The third kappa shape index (κ3) is 3.79. The predicted molar refractivity (Wildman–Crippen MR) is 74.2 cm³/mol. The van der Waals surface area contributed by atoms with Crippen LogP contribution in [0.3, 0.4) is 0 Å². The van der Waals surface area contributed by atoms with Crippen molar-refractivity contribution >= 4 is 17.6 Å². The van der Waals surface area contributed by atoms with Gasteiger partial charge in [0, 0.05) is 12.2 Å². The Labute approximate surface area is 112 Å². The highest BCUT2D eigenvalue weighted by molar-refractivity contribution is 5.95. The number of hydrogen-bond acceptors (Lipinski definition) is 3. The largest absolute Gasteiger partial charge is 0.478 e. The highest BCUT2D eigenvalue weighted by Gasteiger charge is 2.21. The van der Waals surface area contributed by atoms with Crippen LogP contribution >= 0.6 is 0 Å². The number of carbonyl (C=O) groups excluding carboxylic acids is 1. The molecule has 104 valence electrons. The van der Waals surface area contributed by atoms with Gasteiger partial charge in [0.1, 0.15) is 0 Å². The monoisotopic (exact) mass is 264 g/mol. The second kappa shape index (κ2) is 6.33. The zero-order valence-electron chi connectivity index (χ0n) is 11.4. The maximum absolute atomic E-state index is 12.0. The van der Waals surface area contributed by atoms with Gasteiger partial charge in [0.25, 0.3) is 0 Å². The molecule has 0 aliphatic carbocycles. The lowest BCUT2D eigenvalue weighted by molar-refractivity contribution is -0.120. The Hall–Kier alpha value is -1.88. The van der Waals surface area contributed by atoms with Crippen LogP contribution in [0.1, 0.15) is 29.8 Å². The van der Waals surface area contributed by atoms with Gasteiger partial charge in [-0.1, -0.05) is 13.8 Å². The fourth-order valence-corrected chi connectivity index (χ4v) is 1.84. The van der Waals surface area contributed by atoms with Crippen LogP contribution in [-0.2, 0) is 4.79 Å². The number of nitrogens with two attached hydrogens (primary N) is 1. The van der Waals surface area contributed by atoms with Crippen LogP contribution in [0.5, 0.6) is 0 Å². The molecular formula is C14H20N2O3. The first-order chi connectivity index (χ1) is 8.86. The van der Waals surface area contributed by atoms with Crippen molar-refractivity contribution in [3.8, 4) is 0 Å². The summed E-state index contributed by atoms with van der Waals surface area (Å²) < 4.78 is 0. The van der Waals surface area contributed by atoms with Crippen molar-refractivity contribution in [2.45, 2.75) is 20.8 Å². The topological polar surface area (TPSA) is 92.4 Å². The average molecular weight is 264 g/mol. The van der Waals surface area contributed by atoms with Crippen molar-refractivity contribution in [2.75, 3.05) is 11.9 Å². The standard InChI is InChI=1S/C14H20N2O3/c1-8(2)11(7-15)13(17)16-12-5-4-10(14(18)19)6-9(12)3/h4-6,8,11H,7,15H2,1-3H3,(H,16,17)(H,18,19). The molecule has 0 saturated carbocycles. The van der Waals surface area contributed by atoms with Crippen molar-refractivity contribution < 1.29 is 14.7 Å². The maximum Gasteiger partial charge on any atom is 0.335 e. The fourth-order valence-electron chi connectivity index (χ4n) is 1.84. The summed E-state index contributed by atoms with van der Waals surface area (Å²) >= 11 is 0. The minimum Gasteiger partial charge on any atom is -0.478 e. The second-order valence-corrected chi connectivity index (χ2v) is 4.91. The highest BCUT2D eigenvalue weighted by Crippen LogP contribution is 2.19. The van der Waals surface area contributed by atoms with Gasteiger partial charge in [-0.15, -0.1) is 0 Å². The Kier molecular flexibility index (Phi) is 5.06. The zero-order chi connectivity index (χ0) is 14.6. The lowest BCUT2D eigenvalue weighted by Crippen LogP contribution is -2.33. The number of aromatic carboxylic acids is 1. The number of carboxylic acids is 1. The molecule has 0 bridgehead atoms. The molecule has 1 rings (SSSR count). The van der Waals surface area contributed by atoms with E-state index < -0.39 is 5.97 Å². The predicted octanol–water partition coefficient (Wildman–Crippen LogP) is 1.86. The Morgan fingerprint density at radius 2 is 2.00 bits per heavy atom. The first-order valence-corrected chi connectivity index (χ1v) is 6.21. The van der Waals surface area contributed by atoms with Crippen LogP contribution in [0.15, 0.2) is 18.2 Å². The van der Waals surface area contributed by atoms with Crippen molar-refractivity contribution in [2.24, 2.45) is 17.6 Å². The first-order valence-electron chi connectivity index (χ1n) is 6.21. The summed E-state index contributed by atoms with van der Waals surface area (Å²) in [5.41, 5.74) is 7.13. The molecule has 5 heteroatoms. The molecule has 5 nitrogen and oxygen atoms in total. The van der Waals surface area contributed by atoms with Gasteiger partial charge in [0.15, 0.2) is 0 Å². The van der Waals surface area contributed by atoms with Gasteiger partial charge in [-0.25, -0.2) is 4.79 Å². The van der Waals surface area contributed by atoms with Crippen molar-refractivity contribution in [3.05, 3.63) is 29.3 Å². The molecule has 0 spiro atoms. The highest BCUT2D eigenvalue weighted by atomic mass is 16.4. The van der Waals surface area contributed by atoms with E-state index in [0.717, 1.165) is 0 Å². The normalized spacial score (nSPS) is 12.3. The van der Waals surface area contributed by atoms with Gasteiger partial charge in [-0.2, -0.15) is 0 Å². The number of nitrogens with one attached hydrogen (secondary N) is 1. The molecule has 0 fully saturated rings. The lowest BCUT2D eigenvalue weighted by atomic mass is 9.95. The smallest absolute Gasteiger partial charge is 0.335 e. The zero-order valence-corrected chi connectivity index (χ0v) is 11.4.